The highest BCUT2D eigenvalue weighted by Crippen LogP contribution is 2.39. The lowest BCUT2D eigenvalue weighted by molar-refractivity contribution is 1.05. The molecule has 0 bridgehead atoms. The van der Waals surface area contributed by atoms with Gasteiger partial charge in [-0.2, -0.15) is 0 Å². The number of rotatable bonds is 2. The maximum Gasteiger partial charge on any atom is 0.0184 e. The Kier molecular flexibility index (Phi) is 1.66. The highest BCUT2D eigenvalue weighted by atomic mass is 14.5. The summed E-state index contributed by atoms with van der Waals surface area (Å²) in [6.45, 7) is 0.602. The summed E-state index contributed by atoms with van der Waals surface area (Å²) in [7, 11) is 0. The standard InChI is InChI=1S/C10H12N/c11-7-8-1-3-9(4-2-8)10-5-6-10/h1,3-4,10H,5-7,11H2. The SMILES string of the molecule is NCc1[c]cc(C2CC2)cc1. The summed E-state index contributed by atoms with van der Waals surface area (Å²) in [4.78, 5) is 0. The van der Waals surface area contributed by atoms with Crippen molar-refractivity contribution in [2.45, 2.75) is 25.3 Å². The first-order valence-corrected chi connectivity index (χ1v) is 4.11. The molecule has 0 spiro atoms. The van der Waals surface area contributed by atoms with Crippen LogP contribution in [0.2, 0.25) is 0 Å². The molecular formula is C10H12N. The molecule has 11 heavy (non-hydrogen) atoms. The molecule has 0 unspecified atom stereocenters. The molecule has 1 aliphatic carbocycles. The summed E-state index contributed by atoms with van der Waals surface area (Å²) in [6.07, 6.45) is 2.71. The van der Waals surface area contributed by atoms with Gasteiger partial charge in [0.25, 0.3) is 0 Å². The van der Waals surface area contributed by atoms with Crippen LogP contribution < -0.4 is 5.73 Å². The predicted molar refractivity (Wildman–Crippen MR) is 45.1 cm³/mol. The molecule has 1 fully saturated rings. The number of hydrogen-bond acceptors (Lipinski definition) is 1. The summed E-state index contributed by atoms with van der Waals surface area (Å²) >= 11 is 0. The van der Waals surface area contributed by atoms with E-state index >= 15 is 0 Å². The lowest BCUT2D eigenvalue weighted by atomic mass is 10.1. The van der Waals surface area contributed by atoms with Crippen LogP contribution in [-0.2, 0) is 6.54 Å². The van der Waals surface area contributed by atoms with E-state index in [1.54, 1.807) is 0 Å². The Morgan fingerprint density at radius 1 is 1.45 bits per heavy atom. The molecule has 1 aromatic carbocycles. The molecule has 0 aliphatic heterocycles. The molecule has 1 aliphatic rings. The van der Waals surface area contributed by atoms with Crippen LogP contribution in [0, 0.1) is 6.07 Å². The Balaban J connectivity index is 2.19. The van der Waals surface area contributed by atoms with Crippen molar-refractivity contribution < 1.29 is 0 Å². The van der Waals surface area contributed by atoms with Gasteiger partial charge >= 0.3 is 0 Å². The lowest BCUT2D eigenvalue weighted by Crippen LogP contribution is -1.95. The molecule has 2 N–H and O–H groups in total. The molecule has 1 aromatic rings. The van der Waals surface area contributed by atoms with Gasteiger partial charge in [0.2, 0.25) is 0 Å². The third-order valence-electron chi connectivity index (χ3n) is 2.17. The predicted octanol–water partition coefficient (Wildman–Crippen LogP) is 1.82. The molecule has 1 radical (unpaired) electrons. The summed E-state index contributed by atoms with van der Waals surface area (Å²) in [5, 5.41) is 0. The molecule has 0 saturated heterocycles. The second kappa shape index (κ2) is 2.67. The fraction of sp³-hybridized carbons (Fsp3) is 0.400. The van der Waals surface area contributed by atoms with Crippen LogP contribution in [0.1, 0.15) is 29.9 Å². The number of hydrogen-bond donors (Lipinski definition) is 1. The fourth-order valence-electron chi connectivity index (χ4n) is 1.27. The Hall–Kier alpha value is -0.820. The first-order valence-electron chi connectivity index (χ1n) is 4.11. The zero-order chi connectivity index (χ0) is 7.68. The first kappa shape index (κ1) is 6.86. The summed E-state index contributed by atoms with van der Waals surface area (Å²) < 4.78 is 0. The Morgan fingerprint density at radius 2 is 2.27 bits per heavy atom. The van der Waals surface area contributed by atoms with E-state index in [4.69, 9.17) is 5.73 Å². The number of benzene rings is 1. The third kappa shape index (κ3) is 1.43. The van der Waals surface area contributed by atoms with Gasteiger partial charge in [-0.15, -0.1) is 0 Å². The van der Waals surface area contributed by atoms with Crippen LogP contribution in [0.4, 0.5) is 0 Å². The van der Waals surface area contributed by atoms with Crippen LogP contribution in [0.3, 0.4) is 0 Å². The zero-order valence-corrected chi connectivity index (χ0v) is 6.51. The largest absolute Gasteiger partial charge is 0.326 e. The molecule has 0 atom stereocenters. The van der Waals surface area contributed by atoms with Crippen LogP contribution >= 0.6 is 0 Å². The quantitative estimate of drug-likeness (QED) is 0.676. The van der Waals surface area contributed by atoms with Gasteiger partial charge in [-0.05, 0) is 36.0 Å². The second-order valence-electron chi connectivity index (χ2n) is 3.13. The highest BCUT2D eigenvalue weighted by molar-refractivity contribution is 5.26. The highest BCUT2D eigenvalue weighted by Gasteiger charge is 2.22. The topological polar surface area (TPSA) is 26.0 Å². The maximum absolute atomic E-state index is 5.46. The number of nitrogens with two attached hydrogens (primary N) is 1. The van der Waals surface area contributed by atoms with E-state index in [1.807, 2.05) is 0 Å². The van der Waals surface area contributed by atoms with Crippen molar-refractivity contribution in [3.8, 4) is 0 Å². The molecule has 0 aromatic heterocycles. The van der Waals surface area contributed by atoms with Gasteiger partial charge in [0, 0.05) is 6.54 Å². The van der Waals surface area contributed by atoms with E-state index < -0.39 is 0 Å². The van der Waals surface area contributed by atoms with Crippen molar-refractivity contribution in [2.24, 2.45) is 5.73 Å². The summed E-state index contributed by atoms with van der Waals surface area (Å²) in [5.74, 6) is 0.832. The van der Waals surface area contributed by atoms with Crippen molar-refractivity contribution in [3.05, 3.63) is 35.4 Å². The molecule has 0 heterocycles. The molecule has 0 amide bonds. The van der Waals surface area contributed by atoms with E-state index in [0.29, 0.717) is 6.54 Å². The molecule has 1 saturated carbocycles. The normalized spacial score (nSPS) is 16.8. The Labute approximate surface area is 67.2 Å². The fourth-order valence-corrected chi connectivity index (χ4v) is 1.27. The van der Waals surface area contributed by atoms with Gasteiger partial charge in [0.15, 0.2) is 0 Å². The third-order valence-corrected chi connectivity index (χ3v) is 2.17. The van der Waals surface area contributed by atoms with Crippen LogP contribution in [0.15, 0.2) is 18.2 Å². The van der Waals surface area contributed by atoms with Gasteiger partial charge < -0.3 is 5.73 Å². The smallest absolute Gasteiger partial charge is 0.0184 e. The maximum atomic E-state index is 5.46. The van der Waals surface area contributed by atoms with Crippen LogP contribution in [0.5, 0.6) is 0 Å². The lowest BCUT2D eigenvalue weighted by Gasteiger charge is -1.98. The van der Waals surface area contributed by atoms with Crippen molar-refractivity contribution in [1.82, 2.24) is 0 Å². The van der Waals surface area contributed by atoms with E-state index in [9.17, 15) is 0 Å². The van der Waals surface area contributed by atoms with Gasteiger partial charge in [0.05, 0.1) is 0 Å². The van der Waals surface area contributed by atoms with Crippen molar-refractivity contribution in [2.75, 3.05) is 0 Å². The monoisotopic (exact) mass is 146 g/mol. The average molecular weight is 146 g/mol. The van der Waals surface area contributed by atoms with Gasteiger partial charge in [-0.3, -0.25) is 0 Å². The van der Waals surface area contributed by atoms with Gasteiger partial charge in [0.1, 0.15) is 0 Å². The Bertz CT molecular complexity index is 234. The minimum absolute atomic E-state index is 0.602. The minimum atomic E-state index is 0.602. The van der Waals surface area contributed by atoms with E-state index in [-0.39, 0.29) is 0 Å². The van der Waals surface area contributed by atoms with Crippen molar-refractivity contribution >= 4 is 0 Å². The van der Waals surface area contributed by atoms with Crippen LogP contribution in [-0.4, -0.2) is 0 Å². The minimum Gasteiger partial charge on any atom is -0.326 e. The average Bonchev–Trinajstić information content (AvgIpc) is 2.87. The van der Waals surface area contributed by atoms with Crippen molar-refractivity contribution in [1.29, 1.82) is 0 Å². The molecule has 57 valence electrons. The molecule has 1 nitrogen and oxygen atoms in total. The molecular weight excluding hydrogens is 134 g/mol. The summed E-state index contributed by atoms with van der Waals surface area (Å²) in [5.41, 5.74) is 8.00. The van der Waals surface area contributed by atoms with E-state index in [1.165, 1.54) is 18.4 Å². The zero-order valence-electron chi connectivity index (χ0n) is 6.51. The van der Waals surface area contributed by atoms with Crippen molar-refractivity contribution in [3.63, 3.8) is 0 Å². The van der Waals surface area contributed by atoms with Crippen LogP contribution in [0.25, 0.3) is 0 Å². The Morgan fingerprint density at radius 3 is 2.73 bits per heavy atom. The van der Waals surface area contributed by atoms with Gasteiger partial charge in [-0.25, -0.2) is 0 Å². The van der Waals surface area contributed by atoms with Gasteiger partial charge in [-0.1, -0.05) is 18.2 Å². The summed E-state index contributed by atoms with van der Waals surface area (Å²) in [6, 6.07) is 9.52. The second-order valence-corrected chi connectivity index (χ2v) is 3.13. The van der Waals surface area contributed by atoms with E-state index in [2.05, 4.69) is 24.3 Å². The molecule has 1 heteroatoms. The van der Waals surface area contributed by atoms with E-state index in [0.717, 1.165) is 11.5 Å². The molecule has 2 rings (SSSR count). The first-order chi connectivity index (χ1) is 5.40.